The fourth-order valence-corrected chi connectivity index (χ4v) is 3.35. The topological polar surface area (TPSA) is 49.9 Å². The van der Waals surface area contributed by atoms with Gasteiger partial charge < -0.3 is 14.5 Å². The summed E-state index contributed by atoms with van der Waals surface area (Å²) in [4.78, 5) is 28.5. The van der Waals surface area contributed by atoms with Crippen molar-refractivity contribution >= 4 is 23.2 Å². The summed E-state index contributed by atoms with van der Waals surface area (Å²) in [6.07, 6.45) is 0.290. The van der Waals surface area contributed by atoms with Crippen LogP contribution in [0.25, 0.3) is 0 Å². The molecule has 0 saturated heterocycles. The van der Waals surface area contributed by atoms with E-state index in [9.17, 15) is 9.59 Å². The third-order valence-electron chi connectivity index (χ3n) is 4.45. The summed E-state index contributed by atoms with van der Waals surface area (Å²) >= 11 is 0. The molecule has 25 heavy (non-hydrogen) atoms. The van der Waals surface area contributed by atoms with Gasteiger partial charge in [0.05, 0.1) is 30.9 Å². The van der Waals surface area contributed by atoms with Gasteiger partial charge in [-0.1, -0.05) is 24.3 Å². The quantitative estimate of drug-likeness (QED) is 0.864. The van der Waals surface area contributed by atoms with E-state index < -0.39 is 0 Å². The maximum absolute atomic E-state index is 12.9. The minimum Gasteiger partial charge on any atom is -0.497 e. The third kappa shape index (κ3) is 3.36. The Morgan fingerprint density at radius 2 is 1.84 bits per heavy atom. The summed E-state index contributed by atoms with van der Waals surface area (Å²) in [5, 5.41) is 0. The van der Waals surface area contributed by atoms with Crippen LogP contribution in [0, 0.1) is 0 Å². The molecule has 3 rings (SSSR count). The van der Waals surface area contributed by atoms with Crippen LogP contribution in [0.4, 0.5) is 11.4 Å². The molecule has 2 amide bonds. The van der Waals surface area contributed by atoms with Gasteiger partial charge in [0, 0.05) is 13.5 Å². The number of carbonyl (C=O) groups excluding carboxylic acids is 2. The smallest absolute Gasteiger partial charge is 0.231 e. The van der Waals surface area contributed by atoms with E-state index in [4.69, 9.17) is 4.74 Å². The fourth-order valence-electron chi connectivity index (χ4n) is 3.35. The molecule has 5 nitrogen and oxygen atoms in total. The predicted molar refractivity (Wildman–Crippen MR) is 98.1 cm³/mol. The lowest BCUT2D eigenvalue weighted by Crippen LogP contribution is -2.51. The van der Waals surface area contributed by atoms with Gasteiger partial charge in [0.15, 0.2) is 0 Å². The molecule has 0 bridgehead atoms. The Morgan fingerprint density at radius 3 is 2.52 bits per heavy atom. The molecule has 2 aromatic rings. The standard InChI is InChI=1S/C20H22N2O3/c1-14-13-21(18-9-4-5-10-19(18)22(14)15(2)23)20(24)12-16-7-6-8-17(11-16)25-3/h4-11,14H,12-13H2,1-3H3. The number of ether oxygens (including phenoxy) is 1. The summed E-state index contributed by atoms with van der Waals surface area (Å²) in [5.74, 6) is 0.732. The number of para-hydroxylation sites is 2. The number of hydrogen-bond donors (Lipinski definition) is 0. The molecule has 5 heteroatoms. The molecule has 0 aliphatic carbocycles. The van der Waals surface area contributed by atoms with Crippen LogP contribution in [-0.2, 0) is 16.0 Å². The van der Waals surface area contributed by atoms with Crippen molar-refractivity contribution in [1.29, 1.82) is 0 Å². The molecule has 2 aromatic carbocycles. The van der Waals surface area contributed by atoms with Crippen molar-refractivity contribution in [2.45, 2.75) is 26.3 Å². The average Bonchev–Trinajstić information content (AvgIpc) is 2.60. The number of amides is 2. The van der Waals surface area contributed by atoms with Crippen LogP contribution in [0.3, 0.4) is 0 Å². The highest BCUT2D eigenvalue weighted by molar-refractivity contribution is 6.04. The fraction of sp³-hybridized carbons (Fsp3) is 0.300. The van der Waals surface area contributed by atoms with Crippen LogP contribution in [0.2, 0.25) is 0 Å². The largest absolute Gasteiger partial charge is 0.497 e. The Hall–Kier alpha value is -2.82. The van der Waals surface area contributed by atoms with Crippen LogP contribution < -0.4 is 14.5 Å². The lowest BCUT2D eigenvalue weighted by atomic mass is 10.1. The Morgan fingerprint density at radius 1 is 1.12 bits per heavy atom. The summed E-state index contributed by atoms with van der Waals surface area (Å²) < 4.78 is 5.23. The van der Waals surface area contributed by atoms with Gasteiger partial charge in [0.1, 0.15) is 5.75 Å². The molecule has 0 radical (unpaired) electrons. The molecule has 130 valence electrons. The molecule has 1 heterocycles. The first-order valence-corrected chi connectivity index (χ1v) is 8.33. The van der Waals surface area contributed by atoms with E-state index in [0.29, 0.717) is 13.0 Å². The number of benzene rings is 2. The molecular formula is C20H22N2O3. The summed E-state index contributed by atoms with van der Waals surface area (Å²) in [7, 11) is 1.61. The number of methoxy groups -OCH3 is 1. The SMILES string of the molecule is COc1cccc(CC(=O)N2CC(C)N(C(C)=O)c3ccccc32)c1. The van der Waals surface area contributed by atoms with E-state index >= 15 is 0 Å². The molecule has 1 aliphatic heterocycles. The van der Waals surface area contributed by atoms with Gasteiger partial charge in [-0.15, -0.1) is 0 Å². The maximum atomic E-state index is 12.9. The number of rotatable bonds is 3. The maximum Gasteiger partial charge on any atom is 0.231 e. The number of nitrogens with zero attached hydrogens (tertiary/aromatic N) is 2. The monoisotopic (exact) mass is 338 g/mol. The zero-order valence-corrected chi connectivity index (χ0v) is 14.7. The van der Waals surface area contributed by atoms with Crippen molar-refractivity contribution in [2.24, 2.45) is 0 Å². The van der Waals surface area contributed by atoms with E-state index in [2.05, 4.69) is 0 Å². The number of carbonyl (C=O) groups is 2. The normalized spacial score (nSPS) is 16.4. The number of fused-ring (bicyclic) bond motifs is 1. The van der Waals surface area contributed by atoms with Crippen molar-refractivity contribution < 1.29 is 14.3 Å². The van der Waals surface area contributed by atoms with Gasteiger partial charge in [0.2, 0.25) is 11.8 Å². The molecule has 0 saturated carbocycles. The van der Waals surface area contributed by atoms with Gasteiger partial charge in [-0.2, -0.15) is 0 Å². The van der Waals surface area contributed by atoms with E-state index in [1.54, 1.807) is 23.8 Å². The first-order chi connectivity index (χ1) is 12.0. The highest BCUT2D eigenvalue weighted by Crippen LogP contribution is 2.35. The highest BCUT2D eigenvalue weighted by Gasteiger charge is 2.33. The minimum atomic E-state index is -0.0679. The average molecular weight is 338 g/mol. The van der Waals surface area contributed by atoms with Crippen molar-refractivity contribution in [3.8, 4) is 5.75 Å². The first-order valence-electron chi connectivity index (χ1n) is 8.33. The van der Waals surface area contributed by atoms with Crippen LogP contribution in [0.5, 0.6) is 5.75 Å². The molecule has 0 fully saturated rings. The predicted octanol–water partition coefficient (Wildman–Crippen LogP) is 3.03. The second-order valence-electron chi connectivity index (χ2n) is 6.26. The van der Waals surface area contributed by atoms with Crippen molar-refractivity contribution in [3.63, 3.8) is 0 Å². The van der Waals surface area contributed by atoms with Crippen LogP contribution >= 0.6 is 0 Å². The van der Waals surface area contributed by atoms with Crippen LogP contribution in [-0.4, -0.2) is 31.5 Å². The summed E-state index contributed by atoms with van der Waals surface area (Å²) in [6.45, 7) is 4.00. The summed E-state index contributed by atoms with van der Waals surface area (Å²) in [5.41, 5.74) is 2.47. The van der Waals surface area contributed by atoms with E-state index in [1.165, 1.54) is 0 Å². The molecule has 1 unspecified atom stereocenters. The van der Waals surface area contributed by atoms with Gasteiger partial charge in [0.25, 0.3) is 0 Å². The van der Waals surface area contributed by atoms with E-state index in [1.807, 2.05) is 55.5 Å². The van der Waals surface area contributed by atoms with Gasteiger partial charge in [-0.05, 0) is 36.8 Å². The number of hydrogen-bond acceptors (Lipinski definition) is 3. The molecular weight excluding hydrogens is 316 g/mol. The second kappa shape index (κ2) is 6.97. The molecule has 0 N–H and O–H groups in total. The third-order valence-corrected chi connectivity index (χ3v) is 4.45. The van der Waals surface area contributed by atoms with Gasteiger partial charge in [-0.25, -0.2) is 0 Å². The highest BCUT2D eigenvalue weighted by atomic mass is 16.5. The lowest BCUT2D eigenvalue weighted by molar-refractivity contribution is -0.119. The zero-order chi connectivity index (χ0) is 18.0. The van der Waals surface area contributed by atoms with Gasteiger partial charge >= 0.3 is 0 Å². The Kier molecular flexibility index (Phi) is 4.74. The van der Waals surface area contributed by atoms with E-state index in [0.717, 1.165) is 22.7 Å². The van der Waals surface area contributed by atoms with Crippen LogP contribution in [0.1, 0.15) is 19.4 Å². The summed E-state index contributed by atoms with van der Waals surface area (Å²) in [6, 6.07) is 15.0. The molecule has 0 spiro atoms. The van der Waals surface area contributed by atoms with Crippen LogP contribution in [0.15, 0.2) is 48.5 Å². The molecule has 1 aliphatic rings. The minimum absolute atomic E-state index is 0.00996. The lowest BCUT2D eigenvalue weighted by Gasteiger charge is -2.40. The van der Waals surface area contributed by atoms with Gasteiger partial charge in [-0.3, -0.25) is 9.59 Å². The van der Waals surface area contributed by atoms with Crippen molar-refractivity contribution in [1.82, 2.24) is 0 Å². The number of anilines is 2. The first kappa shape index (κ1) is 17.0. The Balaban J connectivity index is 1.90. The Labute approximate surface area is 147 Å². The Bertz CT molecular complexity index is 803. The molecule has 1 atom stereocenters. The van der Waals surface area contributed by atoms with Crippen molar-refractivity contribution in [2.75, 3.05) is 23.5 Å². The zero-order valence-electron chi connectivity index (χ0n) is 14.7. The van der Waals surface area contributed by atoms with E-state index in [-0.39, 0.29) is 17.9 Å². The second-order valence-corrected chi connectivity index (χ2v) is 6.26. The molecule has 0 aromatic heterocycles. The van der Waals surface area contributed by atoms with Crippen molar-refractivity contribution in [3.05, 3.63) is 54.1 Å².